The highest BCUT2D eigenvalue weighted by molar-refractivity contribution is 6.01. The van der Waals surface area contributed by atoms with Crippen molar-refractivity contribution in [2.24, 2.45) is 0 Å². The Hall–Kier alpha value is -2.32. The van der Waals surface area contributed by atoms with Crippen molar-refractivity contribution in [1.29, 1.82) is 5.26 Å². The van der Waals surface area contributed by atoms with E-state index in [1.165, 1.54) is 0 Å². The number of hydrogen-bond acceptors (Lipinski definition) is 4. The van der Waals surface area contributed by atoms with Crippen LogP contribution in [0.3, 0.4) is 0 Å². The minimum Gasteiger partial charge on any atom is -0.496 e. The summed E-state index contributed by atoms with van der Waals surface area (Å²) in [5.74, 6) is 0.742. The average molecular weight is 342 g/mol. The van der Waals surface area contributed by atoms with Crippen molar-refractivity contribution in [2.45, 2.75) is 45.6 Å². The first kappa shape index (κ1) is 19.0. The lowest BCUT2D eigenvalue weighted by Crippen LogP contribution is -2.32. The van der Waals surface area contributed by atoms with E-state index in [0.717, 1.165) is 41.9 Å². The fourth-order valence-electron chi connectivity index (χ4n) is 2.91. The van der Waals surface area contributed by atoms with E-state index in [1.54, 1.807) is 13.2 Å². The highest BCUT2D eigenvalue weighted by Gasteiger charge is 2.18. The van der Waals surface area contributed by atoms with Gasteiger partial charge in [0, 0.05) is 13.2 Å². The van der Waals surface area contributed by atoms with Gasteiger partial charge in [0.05, 0.1) is 13.2 Å². The Morgan fingerprint density at radius 1 is 1.52 bits per heavy atom. The summed E-state index contributed by atoms with van der Waals surface area (Å²) in [7, 11) is 1.65. The highest BCUT2D eigenvalue weighted by atomic mass is 16.5. The molecule has 1 atom stereocenters. The topological polar surface area (TPSA) is 71.3 Å². The Labute approximate surface area is 149 Å². The van der Waals surface area contributed by atoms with Crippen molar-refractivity contribution in [1.82, 2.24) is 5.32 Å². The summed E-state index contributed by atoms with van der Waals surface area (Å²) in [4.78, 5) is 12.3. The maximum atomic E-state index is 12.3. The first-order chi connectivity index (χ1) is 12.0. The molecule has 0 unspecified atom stereocenters. The molecule has 0 saturated carbocycles. The standard InChI is InChI=1S/C20H26N2O3/c1-13(2)18-10-15(14(3)8-19(18)24-4)9-16(11-21)20(23)22-12-17-6-5-7-25-17/h8-10,13,17H,5-7,12H2,1-4H3,(H,22,23)/b16-9+/t17-/m1/s1. The van der Waals surface area contributed by atoms with Gasteiger partial charge in [-0.25, -0.2) is 0 Å². The molecular weight excluding hydrogens is 316 g/mol. The molecule has 0 spiro atoms. The van der Waals surface area contributed by atoms with Crippen LogP contribution in [0.1, 0.15) is 49.3 Å². The Balaban J connectivity index is 2.21. The molecule has 0 radical (unpaired) electrons. The van der Waals surface area contributed by atoms with Crippen LogP contribution in [0.15, 0.2) is 17.7 Å². The number of aryl methyl sites for hydroxylation is 1. The molecule has 2 rings (SSSR count). The van der Waals surface area contributed by atoms with Crippen molar-refractivity contribution in [2.75, 3.05) is 20.3 Å². The third kappa shape index (κ3) is 4.83. The van der Waals surface area contributed by atoms with Gasteiger partial charge in [0.1, 0.15) is 17.4 Å². The predicted molar refractivity (Wildman–Crippen MR) is 97.4 cm³/mol. The van der Waals surface area contributed by atoms with Gasteiger partial charge in [-0.05, 0) is 60.6 Å². The molecule has 25 heavy (non-hydrogen) atoms. The minimum atomic E-state index is -0.362. The van der Waals surface area contributed by atoms with Crippen LogP contribution in [0.25, 0.3) is 6.08 Å². The van der Waals surface area contributed by atoms with E-state index < -0.39 is 0 Å². The number of nitrogens with zero attached hydrogens (tertiary/aromatic N) is 1. The predicted octanol–water partition coefficient (Wildman–Crippen LogP) is 3.33. The fourth-order valence-corrected chi connectivity index (χ4v) is 2.91. The van der Waals surface area contributed by atoms with Gasteiger partial charge in [-0.2, -0.15) is 5.26 Å². The van der Waals surface area contributed by atoms with Crippen molar-refractivity contribution in [3.63, 3.8) is 0 Å². The maximum absolute atomic E-state index is 12.3. The summed E-state index contributed by atoms with van der Waals surface area (Å²) in [6.07, 6.45) is 3.66. The molecule has 0 aliphatic carbocycles. The lowest BCUT2D eigenvalue weighted by molar-refractivity contribution is -0.117. The second-order valence-electron chi connectivity index (χ2n) is 6.62. The number of benzene rings is 1. The molecule has 1 aliphatic heterocycles. The van der Waals surface area contributed by atoms with E-state index in [1.807, 2.05) is 25.1 Å². The first-order valence-corrected chi connectivity index (χ1v) is 8.66. The van der Waals surface area contributed by atoms with Crippen LogP contribution in [0, 0.1) is 18.3 Å². The van der Waals surface area contributed by atoms with Crippen LogP contribution in [-0.2, 0) is 9.53 Å². The Kier molecular flexibility index (Phi) is 6.60. The molecule has 1 heterocycles. The molecule has 1 saturated heterocycles. The molecule has 1 aliphatic rings. The fraction of sp³-hybridized carbons (Fsp3) is 0.500. The number of rotatable bonds is 6. The number of ether oxygens (including phenoxy) is 2. The third-order valence-corrected chi connectivity index (χ3v) is 4.42. The molecule has 1 aromatic carbocycles. The second-order valence-corrected chi connectivity index (χ2v) is 6.62. The van der Waals surface area contributed by atoms with E-state index in [9.17, 15) is 10.1 Å². The molecule has 5 nitrogen and oxygen atoms in total. The number of carbonyl (C=O) groups is 1. The van der Waals surface area contributed by atoms with Gasteiger partial charge >= 0.3 is 0 Å². The van der Waals surface area contributed by atoms with Gasteiger partial charge in [0.15, 0.2) is 0 Å². The number of methoxy groups -OCH3 is 1. The summed E-state index contributed by atoms with van der Waals surface area (Å²) in [6, 6.07) is 5.94. The lowest BCUT2D eigenvalue weighted by Gasteiger charge is -2.15. The van der Waals surface area contributed by atoms with Crippen molar-refractivity contribution >= 4 is 12.0 Å². The van der Waals surface area contributed by atoms with E-state index in [2.05, 4.69) is 19.2 Å². The van der Waals surface area contributed by atoms with Crippen molar-refractivity contribution < 1.29 is 14.3 Å². The molecule has 1 fully saturated rings. The molecule has 0 bridgehead atoms. The summed E-state index contributed by atoms with van der Waals surface area (Å²) in [5, 5.41) is 12.2. The van der Waals surface area contributed by atoms with Crippen LogP contribution in [0.4, 0.5) is 0 Å². The van der Waals surface area contributed by atoms with Crippen LogP contribution in [-0.4, -0.2) is 32.3 Å². The van der Waals surface area contributed by atoms with E-state index in [4.69, 9.17) is 9.47 Å². The average Bonchev–Trinajstić information content (AvgIpc) is 3.11. The normalized spacial score (nSPS) is 17.4. The van der Waals surface area contributed by atoms with Crippen LogP contribution < -0.4 is 10.1 Å². The molecule has 134 valence electrons. The largest absolute Gasteiger partial charge is 0.496 e. The zero-order valence-corrected chi connectivity index (χ0v) is 15.4. The summed E-state index contributed by atoms with van der Waals surface area (Å²) in [6.45, 7) is 7.29. The lowest BCUT2D eigenvalue weighted by atomic mass is 9.95. The van der Waals surface area contributed by atoms with Gasteiger partial charge in [-0.1, -0.05) is 13.8 Å². The van der Waals surface area contributed by atoms with Gasteiger partial charge in [-0.3, -0.25) is 4.79 Å². The number of nitriles is 1. The molecule has 0 aromatic heterocycles. The zero-order chi connectivity index (χ0) is 18.4. The number of amides is 1. The van der Waals surface area contributed by atoms with Gasteiger partial charge < -0.3 is 14.8 Å². The van der Waals surface area contributed by atoms with Crippen LogP contribution in [0.5, 0.6) is 5.75 Å². The van der Waals surface area contributed by atoms with E-state index in [0.29, 0.717) is 6.54 Å². The second kappa shape index (κ2) is 8.68. The molecule has 1 amide bonds. The van der Waals surface area contributed by atoms with Crippen LogP contribution >= 0.6 is 0 Å². The zero-order valence-electron chi connectivity index (χ0n) is 15.4. The highest BCUT2D eigenvalue weighted by Crippen LogP contribution is 2.30. The number of hydrogen-bond donors (Lipinski definition) is 1. The smallest absolute Gasteiger partial charge is 0.262 e. The molecule has 1 aromatic rings. The number of nitrogens with one attached hydrogen (secondary N) is 1. The minimum absolute atomic E-state index is 0.0548. The Bertz CT molecular complexity index is 696. The quantitative estimate of drug-likeness (QED) is 0.636. The summed E-state index contributed by atoms with van der Waals surface area (Å²) in [5.41, 5.74) is 2.96. The van der Waals surface area contributed by atoms with Gasteiger partial charge in [0.25, 0.3) is 5.91 Å². The molecule has 1 N–H and O–H groups in total. The van der Waals surface area contributed by atoms with Gasteiger partial charge in [-0.15, -0.1) is 0 Å². The monoisotopic (exact) mass is 342 g/mol. The van der Waals surface area contributed by atoms with E-state index >= 15 is 0 Å². The Morgan fingerprint density at radius 3 is 2.84 bits per heavy atom. The third-order valence-electron chi connectivity index (χ3n) is 4.42. The maximum Gasteiger partial charge on any atom is 0.262 e. The first-order valence-electron chi connectivity index (χ1n) is 8.66. The van der Waals surface area contributed by atoms with Gasteiger partial charge in [0.2, 0.25) is 0 Å². The van der Waals surface area contributed by atoms with Crippen molar-refractivity contribution in [3.8, 4) is 11.8 Å². The molecular formula is C20H26N2O3. The summed E-state index contributed by atoms with van der Waals surface area (Å²) >= 11 is 0. The van der Waals surface area contributed by atoms with Crippen LogP contribution in [0.2, 0.25) is 0 Å². The van der Waals surface area contributed by atoms with E-state index in [-0.39, 0.29) is 23.5 Å². The summed E-state index contributed by atoms with van der Waals surface area (Å²) < 4.78 is 10.9. The number of carbonyl (C=O) groups excluding carboxylic acids is 1. The molecule has 5 heteroatoms. The SMILES string of the molecule is COc1cc(C)c(/C=C(\C#N)C(=O)NC[C@H]2CCCO2)cc1C(C)C. The van der Waals surface area contributed by atoms with Crippen molar-refractivity contribution in [3.05, 3.63) is 34.4 Å². The Morgan fingerprint density at radius 2 is 2.28 bits per heavy atom.